The Morgan fingerprint density at radius 3 is 2.10 bits per heavy atom. The second-order valence-electron chi connectivity index (χ2n) is 7.80. The van der Waals surface area contributed by atoms with E-state index in [4.69, 9.17) is 4.98 Å². The SMILES string of the molecule is Cc1cc(N2CCN(C)CC2)nc(N2CCN(S(=O)(=O)c3ccc(I)cc3)CC2)n1. The maximum Gasteiger partial charge on any atom is 0.243 e. The molecule has 0 amide bonds. The Balaban J connectivity index is 1.46. The number of anilines is 2. The van der Waals surface area contributed by atoms with Gasteiger partial charge in [-0.3, -0.25) is 0 Å². The lowest BCUT2D eigenvalue weighted by molar-refractivity contribution is 0.312. The summed E-state index contributed by atoms with van der Waals surface area (Å²) in [7, 11) is -1.34. The van der Waals surface area contributed by atoms with Gasteiger partial charge in [-0.2, -0.15) is 9.29 Å². The van der Waals surface area contributed by atoms with Crippen molar-refractivity contribution in [2.75, 3.05) is 69.2 Å². The number of aromatic nitrogens is 2. The molecule has 0 atom stereocenters. The molecule has 1 aromatic carbocycles. The Kier molecular flexibility index (Phi) is 6.47. The molecule has 30 heavy (non-hydrogen) atoms. The summed E-state index contributed by atoms with van der Waals surface area (Å²) < 4.78 is 28.5. The van der Waals surface area contributed by atoms with Crippen LogP contribution in [-0.4, -0.2) is 87.0 Å². The van der Waals surface area contributed by atoms with Gasteiger partial charge in [0.1, 0.15) is 5.82 Å². The van der Waals surface area contributed by atoms with Crippen molar-refractivity contribution in [1.29, 1.82) is 0 Å². The average molecular weight is 542 g/mol. The Morgan fingerprint density at radius 2 is 1.47 bits per heavy atom. The van der Waals surface area contributed by atoms with Crippen LogP contribution < -0.4 is 9.80 Å². The van der Waals surface area contributed by atoms with Gasteiger partial charge in [0, 0.05) is 67.7 Å². The lowest BCUT2D eigenvalue weighted by atomic mass is 10.3. The molecular weight excluding hydrogens is 515 g/mol. The van der Waals surface area contributed by atoms with E-state index in [-0.39, 0.29) is 0 Å². The highest BCUT2D eigenvalue weighted by molar-refractivity contribution is 14.1. The third-order valence-electron chi connectivity index (χ3n) is 5.63. The first kappa shape index (κ1) is 21.7. The number of hydrogen-bond acceptors (Lipinski definition) is 7. The van der Waals surface area contributed by atoms with E-state index in [0.29, 0.717) is 37.0 Å². The number of sulfonamides is 1. The zero-order valence-corrected chi connectivity index (χ0v) is 20.3. The summed E-state index contributed by atoms with van der Waals surface area (Å²) in [4.78, 5) is 16.5. The number of nitrogens with zero attached hydrogens (tertiary/aromatic N) is 6. The highest BCUT2D eigenvalue weighted by Crippen LogP contribution is 2.23. The van der Waals surface area contributed by atoms with Crippen LogP contribution in [0.25, 0.3) is 0 Å². The van der Waals surface area contributed by atoms with Crippen LogP contribution in [-0.2, 0) is 10.0 Å². The molecule has 3 heterocycles. The van der Waals surface area contributed by atoms with Gasteiger partial charge < -0.3 is 14.7 Å². The summed E-state index contributed by atoms with van der Waals surface area (Å²) in [5.74, 6) is 1.65. The molecule has 0 aliphatic carbocycles. The van der Waals surface area contributed by atoms with E-state index < -0.39 is 10.0 Å². The van der Waals surface area contributed by atoms with Gasteiger partial charge >= 0.3 is 0 Å². The summed E-state index contributed by atoms with van der Waals surface area (Å²) >= 11 is 2.18. The number of likely N-dealkylation sites (N-methyl/N-ethyl adjacent to an activating group) is 1. The molecule has 2 aromatic rings. The van der Waals surface area contributed by atoms with E-state index in [9.17, 15) is 8.42 Å². The highest BCUT2D eigenvalue weighted by Gasteiger charge is 2.29. The molecule has 1 aromatic heterocycles. The molecule has 2 saturated heterocycles. The number of piperazine rings is 2. The fourth-order valence-electron chi connectivity index (χ4n) is 3.76. The van der Waals surface area contributed by atoms with Crippen molar-refractivity contribution in [3.8, 4) is 0 Å². The molecule has 8 nitrogen and oxygen atoms in total. The molecule has 2 fully saturated rings. The lowest BCUT2D eigenvalue weighted by Gasteiger charge is -2.36. The molecular formula is C20H27IN6O2S. The Labute approximate surface area is 192 Å². The zero-order valence-electron chi connectivity index (χ0n) is 17.3. The van der Waals surface area contributed by atoms with Gasteiger partial charge in [-0.15, -0.1) is 0 Å². The van der Waals surface area contributed by atoms with Crippen LogP contribution in [0.4, 0.5) is 11.8 Å². The normalized spacial score (nSPS) is 19.3. The molecule has 2 aliphatic rings. The molecule has 2 aliphatic heterocycles. The molecule has 0 bridgehead atoms. The van der Waals surface area contributed by atoms with Gasteiger partial charge in [0.15, 0.2) is 0 Å². The quantitative estimate of drug-likeness (QED) is 0.545. The molecule has 0 unspecified atom stereocenters. The molecule has 162 valence electrons. The third kappa shape index (κ3) is 4.71. The van der Waals surface area contributed by atoms with Crippen LogP contribution in [0.2, 0.25) is 0 Å². The molecule has 0 radical (unpaired) electrons. The van der Waals surface area contributed by atoms with Gasteiger partial charge in [0.25, 0.3) is 0 Å². The first-order chi connectivity index (χ1) is 14.3. The van der Waals surface area contributed by atoms with E-state index in [1.807, 2.05) is 25.1 Å². The van der Waals surface area contributed by atoms with Crippen molar-refractivity contribution in [2.24, 2.45) is 0 Å². The van der Waals surface area contributed by atoms with E-state index in [1.54, 1.807) is 16.4 Å². The summed E-state index contributed by atoms with van der Waals surface area (Å²) in [5.41, 5.74) is 0.933. The Morgan fingerprint density at radius 1 is 0.867 bits per heavy atom. The molecule has 10 heteroatoms. The highest BCUT2D eigenvalue weighted by atomic mass is 127. The van der Waals surface area contributed by atoms with Crippen molar-refractivity contribution >= 4 is 44.4 Å². The monoisotopic (exact) mass is 542 g/mol. The van der Waals surface area contributed by atoms with Gasteiger partial charge in [-0.25, -0.2) is 13.4 Å². The largest absolute Gasteiger partial charge is 0.354 e. The van der Waals surface area contributed by atoms with Crippen LogP contribution >= 0.6 is 22.6 Å². The van der Waals surface area contributed by atoms with Gasteiger partial charge in [0.05, 0.1) is 4.90 Å². The first-order valence-corrected chi connectivity index (χ1v) is 12.6. The van der Waals surface area contributed by atoms with Crippen molar-refractivity contribution in [2.45, 2.75) is 11.8 Å². The van der Waals surface area contributed by atoms with Gasteiger partial charge in [-0.05, 0) is 60.8 Å². The number of hydrogen-bond donors (Lipinski definition) is 0. The van der Waals surface area contributed by atoms with Crippen LogP contribution in [0, 0.1) is 10.5 Å². The van der Waals surface area contributed by atoms with Crippen molar-refractivity contribution in [3.05, 3.63) is 39.6 Å². The number of aryl methyl sites for hydroxylation is 1. The van der Waals surface area contributed by atoms with Crippen LogP contribution in [0.1, 0.15) is 5.69 Å². The topological polar surface area (TPSA) is 72.9 Å². The minimum Gasteiger partial charge on any atom is -0.354 e. The van der Waals surface area contributed by atoms with E-state index in [2.05, 4.69) is 49.3 Å². The molecule has 0 spiro atoms. The number of benzene rings is 1. The maximum absolute atomic E-state index is 12.9. The van der Waals surface area contributed by atoms with Crippen molar-refractivity contribution in [3.63, 3.8) is 0 Å². The molecule has 0 N–H and O–H groups in total. The molecule has 4 rings (SSSR count). The Bertz CT molecular complexity index is 985. The first-order valence-electron chi connectivity index (χ1n) is 10.1. The van der Waals surface area contributed by atoms with E-state index in [0.717, 1.165) is 41.3 Å². The van der Waals surface area contributed by atoms with Gasteiger partial charge in [-0.1, -0.05) is 0 Å². The zero-order chi connectivity index (χ0) is 21.3. The smallest absolute Gasteiger partial charge is 0.243 e. The van der Waals surface area contributed by atoms with E-state index in [1.165, 1.54) is 0 Å². The summed E-state index contributed by atoms with van der Waals surface area (Å²) in [6.45, 7) is 7.95. The predicted octanol–water partition coefficient (Wildman–Crippen LogP) is 1.65. The van der Waals surface area contributed by atoms with Crippen LogP contribution in [0.5, 0.6) is 0 Å². The summed E-state index contributed by atoms with van der Waals surface area (Å²) in [5, 5.41) is 0. The summed E-state index contributed by atoms with van der Waals surface area (Å²) in [6, 6.07) is 9.03. The van der Waals surface area contributed by atoms with Crippen LogP contribution in [0.3, 0.4) is 0 Å². The minimum absolute atomic E-state index is 0.348. The molecule has 0 saturated carbocycles. The number of halogens is 1. The van der Waals surface area contributed by atoms with Gasteiger partial charge in [0.2, 0.25) is 16.0 Å². The predicted molar refractivity (Wildman–Crippen MR) is 127 cm³/mol. The fraction of sp³-hybridized carbons (Fsp3) is 0.500. The minimum atomic E-state index is -3.47. The Hall–Kier alpha value is -1.50. The standard InChI is InChI=1S/C20H27IN6O2S/c1-16-15-19(25-9-7-24(2)8-10-25)23-20(22-16)26-11-13-27(14-12-26)30(28,29)18-5-3-17(21)4-6-18/h3-6,15H,7-14H2,1-2H3. The second-order valence-corrected chi connectivity index (χ2v) is 11.0. The maximum atomic E-state index is 12.9. The average Bonchev–Trinajstić information content (AvgIpc) is 2.74. The van der Waals surface area contributed by atoms with Crippen LogP contribution in [0.15, 0.2) is 35.2 Å². The fourth-order valence-corrected chi connectivity index (χ4v) is 5.54. The van der Waals surface area contributed by atoms with E-state index >= 15 is 0 Å². The summed E-state index contributed by atoms with van der Waals surface area (Å²) in [6.07, 6.45) is 0. The van der Waals surface area contributed by atoms with Crippen molar-refractivity contribution < 1.29 is 8.42 Å². The number of rotatable bonds is 4. The van der Waals surface area contributed by atoms with Crippen molar-refractivity contribution in [1.82, 2.24) is 19.2 Å². The lowest BCUT2D eigenvalue weighted by Crippen LogP contribution is -2.49. The third-order valence-corrected chi connectivity index (χ3v) is 8.26. The second kappa shape index (κ2) is 8.93.